The summed E-state index contributed by atoms with van der Waals surface area (Å²) in [6, 6.07) is 50.8. The molecule has 0 N–H and O–H groups in total. The Hall–Kier alpha value is -5.86. The smallest absolute Gasteiger partial charge is 0.0520 e. The van der Waals surface area contributed by atoms with Crippen LogP contribution in [-0.4, -0.2) is 0 Å². The van der Waals surface area contributed by atoms with Crippen LogP contribution in [0.5, 0.6) is 0 Å². The molecule has 1 atom stereocenters. The summed E-state index contributed by atoms with van der Waals surface area (Å²) < 4.78 is 0. The highest BCUT2D eigenvalue weighted by Gasteiger charge is 2.43. The first-order valence-corrected chi connectivity index (χ1v) is 30.3. The molecule has 7 aromatic carbocycles. The van der Waals surface area contributed by atoms with E-state index in [1.807, 2.05) is 0 Å². The summed E-state index contributed by atoms with van der Waals surface area (Å²) >= 11 is 0. The molecule has 2 aliphatic rings. The molecular formula is C74H92N2. The topological polar surface area (TPSA) is 6.48 Å². The van der Waals surface area contributed by atoms with Crippen molar-refractivity contribution in [1.82, 2.24) is 0 Å². The number of benzene rings is 7. The summed E-state index contributed by atoms with van der Waals surface area (Å²) in [5.41, 5.74) is 28.8. The molecule has 0 saturated carbocycles. The van der Waals surface area contributed by atoms with Crippen LogP contribution in [0.2, 0.25) is 0 Å². The number of aryl methyl sites for hydroxylation is 11. The van der Waals surface area contributed by atoms with Crippen molar-refractivity contribution in [3.05, 3.63) is 200 Å². The average Bonchev–Trinajstić information content (AvgIpc) is 3.71. The number of nitrogens with zero attached hydrogens (tertiary/aromatic N) is 2. The second-order valence-corrected chi connectivity index (χ2v) is 23.8. The molecule has 9 rings (SSSR count). The van der Waals surface area contributed by atoms with Crippen molar-refractivity contribution < 1.29 is 0 Å². The predicted octanol–water partition coefficient (Wildman–Crippen LogP) is 22.0. The van der Waals surface area contributed by atoms with E-state index in [-0.39, 0.29) is 5.41 Å². The zero-order chi connectivity index (χ0) is 53.2. The molecule has 0 aliphatic heterocycles. The minimum atomic E-state index is -0.127. The molecule has 398 valence electrons. The molecular weight excluding hydrogens is 917 g/mol. The fraction of sp³-hybridized carbons (Fsp3) is 0.432. The van der Waals surface area contributed by atoms with E-state index in [0.717, 1.165) is 19.3 Å². The second kappa shape index (κ2) is 25.5. The molecule has 76 heavy (non-hydrogen) atoms. The highest BCUT2D eigenvalue weighted by molar-refractivity contribution is 5.90. The van der Waals surface area contributed by atoms with Crippen LogP contribution >= 0.6 is 0 Å². The quantitative estimate of drug-likeness (QED) is 0.0474. The highest BCUT2D eigenvalue weighted by Crippen LogP contribution is 2.57. The molecule has 0 bridgehead atoms. The Kier molecular flexibility index (Phi) is 18.4. The van der Waals surface area contributed by atoms with E-state index in [2.05, 4.69) is 200 Å². The molecule has 0 aromatic heterocycles. The summed E-state index contributed by atoms with van der Waals surface area (Å²) in [5.74, 6) is 0. The summed E-state index contributed by atoms with van der Waals surface area (Å²) in [4.78, 5) is 5.19. The molecule has 1 unspecified atom stereocenters. The predicted molar refractivity (Wildman–Crippen MR) is 331 cm³/mol. The van der Waals surface area contributed by atoms with Crippen molar-refractivity contribution in [3.8, 4) is 11.1 Å². The van der Waals surface area contributed by atoms with Crippen molar-refractivity contribution in [1.29, 1.82) is 0 Å². The Morgan fingerprint density at radius 3 is 1.21 bits per heavy atom. The number of hydrogen-bond acceptors (Lipinski definition) is 2. The van der Waals surface area contributed by atoms with E-state index in [1.54, 1.807) is 16.7 Å². The van der Waals surface area contributed by atoms with Crippen molar-refractivity contribution >= 4 is 34.1 Å². The SMILES string of the molecule is CCCCCCCCC1(CCCCCCCCc2ccc3c(c2)CC3)c2cc(N(c3ccc(C)cc3)c3c(C)cc(C)cc3C)ccc2-c2ccc(N(c3ccc(C)cc3)c3c(C)cc(CCCCCC)cc3C)cc21. The minimum Gasteiger partial charge on any atom is -0.310 e. The third-order valence-corrected chi connectivity index (χ3v) is 17.6. The molecule has 2 heteroatoms. The zero-order valence-electron chi connectivity index (χ0n) is 48.6. The van der Waals surface area contributed by atoms with Crippen LogP contribution in [0.3, 0.4) is 0 Å². The number of rotatable bonds is 27. The van der Waals surface area contributed by atoms with Gasteiger partial charge in [-0.1, -0.05) is 199 Å². The van der Waals surface area contributed by atoms with Gasteiger partial charge in [0.05, 0.1) is 11.4 Å². The second-order valence-electron chi connectivity index (χ2n) is 23.8. The fourth-order valence-electron chi connectivity index (χ4n) is 13.5. The molecule has 0 spiro atoms. The highest BCUT2D eigenvalue weighted by atomic mass is 15.2. The molecule has 0 saturated heterocycles. The Bertz CT molecular complexity index is 3000. The summed E-state index contributed by atoms with van der Waals surface area (Å²) in [6.07, 6.45) is 27.9. The van der Waals surface area contributed by atoms with Gasteiger partial charge in [-0.3, -0.25) is 0 Å². The van der Waals surface area contributed by atoms with E-state index >= 15 is 0 Å². The van der Waals surface area contributed by atoms with Crippen LogP contribution < -0.4 is 9.80 Å². The zero-order valence-corrected chi connectivity index (χ0v) is 48.6. The maximum absolute atomic E-state index is 2.67. The monoisotopic (exact) mass is 1010 g/mol. The lowest BCUT2D eigenvalue weighted by atomic mass is 9.70. The van der Waals surface area contributed by atoms with Gasteiger partial charge in [-0.05, 0) is 215 Å². The lowest BCUT2D eigenvalue weighted by molar-refractivity contribution is 0.397. The standard InChI is InChI=1S/C74H92N2/c1-10-12-14-16-20-24-44-74(45-25-21-18-17-19-23-26-60-32-33-62-34-35-63(62)50-60)70-51-66(75(64-36-28-53(3)29-37-64)72-56(6)46-55(5)47-57(72)7)40-42-68(70)69-43-41-67(52-71(69)74)76(65-38-30-54(4)31-39-65)73-58(8)48-61(49-59(73)9)27-22-15-13-11-2/h28-33,36-43,46-52H,10-27,34-35,44-45H2,1-9H3. The Morgan fingerprint density at radius 2 is 0.750 bits per heavy atom. The number of fused-ring (bicyclic) bond motifs is 4. The summed E-state index contributed by atoms with van der Waals surface area (Å²) in [7, 11) is 0. The van der Waals surface area contributed by atoms with Gasteiger partial charge in [0, 0.05) is 28.2 Å². The third-order valence-electron chi connectivity index (χ3n) is 17.6. The lowest BCUT2D eigenvalue weighted by Gasteiger charge is -2.36. The first kappa shape index (κ1) is 54.9. The lowest BCUT2D eigenvalue weighted by Crippen LogP contribution is -2.26. The van der Waals surface area contributed by atoms with Gasteiger partial charge in [0.15, 0.2) is 0 Å². The molecule has 0 fully saturated rings. The van der Waals surface area contributed by atoms with Crippen molar-refractivity contribution in [3.63, 3.8) is 0 Å². The van der Waals surface area contributed by atoms with Crippen LogP contribution in [0.15, 0.2) is 127 Å². The first-order chi connectivity index (χ1) is 37.0. The average molecular weight is 1010 g/mol. The van der Waals surface area contributed by atoms with Gasteiger partial charge >= 0.3 is 0 Å². The first-order valence-electron chi connectivity index (χ1n) is 30.3. The summed E-state index contributed by atoms with van der Waals surface area (Å²) in [5, 5.41) is 0. The van der Waals surface area contributed by atoms with Crippen molar-refractivity contribution in [2.75, 3.05) is 9.80 Å². The maximum Gasteiger partial charge on any atom is 0.0520 e. The van der Waals surface area contributed by atoms with Gasteiger partial charge in [0.1, 0.15) is 0 Å². The van der Waals surface area contributed by atoms with E-state index in [9.17, 15) is 0 Å². The molecule has 2 aliphatic carbocycles. The molecule has 0 amide bonds. The molecule has 7 aromatic rings. The molecule has 0 heterocycles. The van der Waals surface area contributed by atoms with E-state index in [0.29, 0.717) is 0 Å². The van der Waals surface area contributed by atoms with Crippen molar-refractivity contribution in [2.45, 2.75) is 209 Å². The minimum absolute atomic E-state index is 0.127. The van der Waals surface area contributed by atoms with Gasteiger partial charge in [-0.15, -0.1) is 0 Å². The van der Waals surface area contributed by atoms with Crippen LogP contribution in [-0.2, 0) is 31.1 Å². The normalized spacial score (nSPS) is 14.3. The molecule has 0 radical (unpaired) electrons. The maximum atomic E-state index is 2.67. The van der Waals surface area contributed by atoms with Gasteiger partial charge in [-0.25, -0.2) is 0 Å². The number of unbranched alkanes of at least 4 members (excludes halogenated alkanes) is 13. The third kappa shape index (κ3) is 12.4. The Balaban J connectivity index is 1.13. The van der Waals surface area contributed by atoms with Gasteiger partial charge in [0.2, 0.25) is 0 Å². The fourth-order valence-corrected chi connectivity index (χ4v) is 13.5. The van der Waals surface area contributed by atoms with E-state index < -0.39 is 0 Å². The summed E-state index contributed by atoms with van der Waals surface area (Å²) in [6.45, 7) is 20.6. The number of hydrogen-bond donors (Lipinski definition) is 0. The van der Waals surface area contributed by atoms with Gasteiger partial charge in [-0.2, -0.15) is 0 Å². The van der Waals surface area contributed by atoms with Crippen LogP contribution in [0.1, 0.15) is 202 Å². The van der Waals surface area contributed by atoms with Gasteiger partial charge < -0.3 is 9.80 Å². The van der Waals surface area contributed by atoms with E-state index in [4.69, 9.17) is 0 Å². The van der Waals surface area contributed by atoms with Gasteiger partial charge in [0.25, 0.3) is 0 Å². The number of anilines is 6. The Labute approximate surface area is 461 Å². The van der Waals surface area contributed by atoms with E-state index in [1.165, 1.54) is 223 Å². The largest absolute Gasteiger partial charge is 0.310 e. The van der Waals surface area contributed by atoms with Crippen LogP contribution in [0.25, 0.3) is 11.1 Å². The Morgan fingerprint density at radius 1 is 0.342 bits per heavy atom. The van der Waals surface area contributed by atoms with Crippen LogP contribution in [0.4, 0.5) is 34.1 Å². The molecule has 2 nitrogen and oxygen atoms in total. The van der Waals surface area contributed by atoms with Crippen molar-refractivity contribution in [2.24, 2.45) is 0 Å². The van der Waals surface area contributed by atoms with Crippen LogP contribution in [0, 0.1) is 48.5 Å².